The Morgan fingerprint density at radius 1 is 1.42 bits per heavy atom. The number of aliphatic hydroxyl groups is 1. The van der Waals surface area contributed by atoms with Crippen molar-refractivity contribution in [3.63, 3.8) is 0 Å². The Balaban J connectivity index is 1.77. The van der Waals surface area contributed by atoms with Gasteiger partial charge in [0, 0.05) is 39.3 Å². The highest BCUT2D eigenvalue weighted by Crippen LogP contribution is 2.18. The van der Waals surface area contributed by atoms with E-state index in [0.717, 1.165) is 11.4 Å². The predicted molar refractivity (Wildman–Crippen MR) is 91.7 cm³/mol. The van der Waals surface area contributed by atoms with Crippen LogP contribution in [0.4, 0.5) is 10.6 Å². The van der Waals surface area contributed by atoms with Crippen molar-refractivity contribution in [2.75, 3.05) is 19.0 Å². The van der Waals surface area contributed by atoms with E-state index in [-0.39, 0.29) is 12.1 Å². The van der Waals surface area contributed by atoms with Crippen LogP contribution in [-0.2, 0) is 6.54 Å². The average Bonchev–Trinajstić information content (AvgIpc) is 3.07. The molecule has 0 aromatic carbocycles. The van der Waals surface area contributed by atoms with Gasteiger partial charge in [0.1, 0.15) is 17.7 Å². The molecule has 0 unspecified atom stereocenters. The molecule has 130 valence electrons. The van der Waals surface area contributed by atoms with Crippen molar-refractivity contribution < 1.29 is 14.3 Å². The van der Waals surface area contributed by atoms with Crippen molar-refractivity contribution in [2.45, 2.75) is 32.0 Å². The predicted octanol–water partition coefficient (Wildman–Crippen LogP) is 2.05. The summed E-state index contributed by atoms with van der Waals surface area (Å²) < 4.78 is 5.15. The molecule has 2 amide bonds. The van der Waals surface area contributed by atoms with Crippen LogP contribution in [-0.4, -0.2) is 36.3 Å². The average molecular weight is 332 g/mol. The van der Waals surface area contributed by atoms with Crippen molar-refractivity contribution in [1.29, 1.82) is 0 Å². The van der Waals surface area contributed by atoms with E-state index in [1.165, 1.54) is 6.26 Å². The summed E-state index contributed by atoms with van der Waals surface area (Å²) in [4.78, 5) is 18.1. The molecule has 7 nitrogen and oxygen atoms in total. The molecule has 0 aliphatic rings. The van der Waals surface area contributed by atoms with Gasteiger partial charge in [-0.3, -0.25) is 0 Å². The van der Waals surface area contributed by atoms with Gasteiger partial charge in [0.05, 0.1) is 6.26 Å². The lowest BCUT2D eigenvalue weighted by atomic mass is 10.1. The van der Waals surface area contributed by atoms with Gasteiger partial charge < -0.3 is 25.1 Å². The molecule has 0 bridgehead atoms. The number of carbonyl (C=O) groups excluding carboxylic acids is 1. The third-order valence-corrected chi connectivity index (χ3v) is 3.55. The first-order valence-electron chi connectivity index (χ1n) is 7.83. The normalized spacial score (nSPS) is 13.2. The first-order valence-corrected chi connectivity index (χ1v) is 7.83. The van der Waals surface area contributed by atoms with Crippen LogP contribution in [0.15, 0.2) is 41.1 Å². The standard InChI is InChI=1S/C17H24N4O3/c1-12(9-14(22)15-5-4-8-24-15)20-17(23)19-11-13-6-7-18-16(10-13)21(2)3/h4-8,10,12,14,22H,9,11H2,1-3H3,(H2,19,20,23)/t12-,14+/m1/s1. The van der Waals surface area contributed by atoms with E-state index in [4.69, 9.17) is 4.42 Å². The zero-order chi connectivity index (χ0) is 17.5. The molecule has 0 aliphatic heterocycles. The Morgan fingerprint density at radius 3 is 2.88 bits per heavy atom. The van der Waals surface area contributed by atoms with E-state index in [0.29, 0.717) is 18.7 Å². The minimum atomic E-state index is -0.738. The number of anilines is 1. The third kappa shape index (κ3) is 5.27. The topological polar surface area (TPSA) is 90.6 Å². The van der Waals surface area contributed by atoms with Crippen LogP contribution < -0.4 is 15.5 Å². The molecule has 0 aliphatic carbocycles. The fraction of sp³-hybridized carbons (Fsp3) is 0.412. The number of aliphatic hydroxyl groups excluding tert-OH is 1. The number of nitrogens with one attached hydrogen (secondary N) is 2. The molecule has 0 saturated heterocycles. The minimum absolute atomic E-state index is 0.195. The molecule has 3 N–H and O–H groups in total. The highest BCUT2D eigenvalue weighted by Gasteiger charge is 2.16. The zero-order valence-corrected chi connectivity index (χ0v) is 14.2. The number of nitrogens with zero attached hydrogens (tertiary/aromatic N) is 2. The van der Waals surface area contributed by atoms with E-state index < -0.39 is 6.10 Å². The van der Waals surface area contributed by atoms with Gasteiger partial charge in [-0.05, 0) is 36.8 Å². The molecule has 2 heterocycles. The number of pyridine rings is 1. The van der Waals surface area contributed by atoms with E-state index in [1.807, 2.05) is 38.1 Å². The molecular weight excluding hydrogens is 308 g/mol. The van der Waals surface area contributed by atoms with E-state index in [9.17, 15) is 9.90 Å². The number of hydrogen-bond acceptors (Lipinski definition) is 5. The largest absolute Gasteiger partial charge is 0.467 e. The molecule has 2 aromatic heterocycles. The lowest BCUT2D eigenvalue weighted by Crippen LogP contribution is -2.41. The van der Waals surface area contributed by atoms with Gasteiger partial charge in [-0.15, -0.1) is 0 Å². The SMILES string of the molecule is C[C@H](C[C@H](O)c1ccco1)NC(=O)NCc1ccnc(N(C)C)c1. The number of urea groups is 1. The van der Waals surface area contributed by atoms with Crippen molar-refractivity contribution >= 4 is 11.8 Å². The summed E-state index contributed by atoms with van der Waals surface area (Å²) in [6, 6.07) is 6.74. The summed E-state index contributed by atoms with van der Waals surface area (Å²) in [5, 5.41) is 15.6. The Hall–Kier alpha value is -2.54. The van der Waals surface area contributed by atoms with Crippen LogP contribution in [0.5, 0.6) is 0 Å². The van der Waals surface area contributed by atoms with Crippen LogP contribution in [0.3, 0.4) is 0 Å². The Kier molecular flexibility index (Phi) is 6.20. The number of amides is 2. The quantitative estimate of drug-likeness (QED) is 0.722. The van der Waals surface area contributed by atoms with Crippen LogP contribution in [0.25, 0.3) is 0 Å². The highest BCUT2D eigenvalue weighted by atomic mass is 16.4. The number of furan rings is 1. The lowest BCUT2D eigenvalue weighted by Gasteiger charge is -2.17. The molecule has 7 heteroatoms. The second kappa shape index (κ2) is 8.35. The number of carbonyl (C=O) groups is 1. The minimum Gasteiger partial charge on any atom is -0.467 e. The van der Waals surface area contributed by atoms with Gasteiger partial charge in [0.2, 0.25) is 0 Å². The molecule has 0 spiro atoms. The monoisotopic (exact) mass is 332 g/mol. The third-order valence-electron chi connectivity index (χ3n) is 3.55. The van der Waals surface area contributed by atoms with Gasteiger partial charge in [-0.1, -0.05) is 0 Å². The number of aromatic nitrogens is 1. The lowest BCUT2D eigenvalue weighted by molar-refractivity contribution is 0.129. The summed E-state index contributed by atoms with van der Waals surface area (Å²) in [7, 11) is 3.83. The van der Waals surface area contributed by atoms with Gasteiger partial charge >= 0.3 is 6.03 Å². The maximum atomic E-state index is 12.0. The van der Waals surface area contributed by atoms with E-state index in [2.05, 4.69) is 15.6 Å². The molecule has 0 radical (unpaired) electrons. The molecular formula is C17H24N4O3. The van der Waals surface area contributed by atoms with Crippen molar-refractivity contribution in [1.82, 2.24) is 15.6 Å². The Bertz CT molecular complexity index is 643. The van der Waals surface area contributed by atoms with Crippen LogP contribution in [0.2, 0.25) is 0 Å². The van der Waals surface area contributed by atoms with Gasteiger partial charge in [-0.25, -0.2) is 9.78 Å². The summed E-state index contributed by atoms with van der Waals surface area (Å²) in [6.45, 7) is 2.24. The van der Waals surface area contributed by atoms with Crippen molar-refractivity contribution in [3.05, 3.63) is 48.0 Å². The van der Waals surface area contributed by atoms with Crippen LogP contribution >= 0.6 is 0 Å². The van der Waals surface area contributed by atoms with Gasteiger partial charge in [-0.2, -0.15) is 0 Å². The fourth-order valence-electron chi connectivity index (χ4n) is 2.26. The van der Waals surface area contributed by atoms with Gasteiger partial charge in [0.25, 0.3) is 0 Å². The summed E-state index contributed by atoms with van der Waals surface area (Å²) in [5.41, 5.74) is 0.965. The maximum absolute atomic E-state index is 12.0. The fourth-order valence-corrected chi connectivity index (χ4v) is 2.26. The van der Waals surface area contributed by atoms with E-state index in [1.54, 1.807) is 18.3 Å². The Labute approximate surface area is 141 Å². The first kappa shape index (κ1) is 17.8. The van der Waals surface area contributed by atoms with Crippen LogP contribution in [0.1, 0.15) is 30.8 Å². The first-order chi connectivity index (χ1) is 11.5. The second-order valence-electron chi connectivity index (χ2n) is 5.91. The Morgan fingerprint density at radius 2 is 2.21 bits per heavy atom. The molecule has 0 saturated carbocycles. The smallest absolute Gasteiger partial charge is 0.315 e. The summed E-state index contributed by atoms with van der Waals surface area (Å²) in [5.74, 6) is 1.33. The molecule has 24 heavy (non-hydrogen) atoms. The molecule has 2 rings (SSSR count). The molecule has 0 fully saturated rings. The maximum Gasteiger partial charge on any atom is 0.315 e. The van der Waals surface area contributed by atoms with Gasteiger partial charge in [0.15, 0.2) is 0 Å². The second-order valence-corrected chi connectivity index (χ2v) is 5.91. The summed E-state index contributed by atoms with van der Waals surface area (Å²) in [6.07, 6.45) is 2.87. The molecule has 2 atom stereocenters. The number of hydrogen-bond donors (Lipinski definition) is 3. The highest BCUT2D eigenvalue weighted by molar-refractivity contribution is 5.74. The zero-order valence-electron chi connectivity index (χ0n) is 14.2. The number of rotatable bonds is 7. The summed E-state index contributed by atoms with van der Waals surface area (Å²) >= 11 is 0. The van der Waals surface area contributed by atoms with Crippen LogP contribution in [0, 0.1) is 0 Å². The van der Waals surface area contributed by atoms with Crippen molar-refractivity contribution in [2.24, 2.45) is 0 Å². The molecule has 2 aromatic rings. The van der Waals surface area contributed by atoms with Crippen molar-refractivity contribution in [3.8, 4) is 0 Å². The van der Waals surface area contributed by atoms with E-state index >= 15 is 0 Å².